The van der Waals surface area contributed by atoms with Gasteiger partial charge in [-0.3, -0.25) is 13.8 Å². The van der Waals surface area contributed by atoms with E-state index in [0.29, 0.717) is 17.2 Å². The summed E-state index contributed by atoms with van der Waals surface area (Å²) in [6.07, 6.45) is 1.58. The van der Waals surface area contributed by atoms with Crippen molar-refractivity contribution in [2.75, 3.05) is 16.8 Å². The fourth-order valence-corrected chi connectivity index (χ4v) is 3.47. The third-order valence-corrected chi connectivity index (χ3v) is 4.64. The van der Waals surface area contributed by atoms with Gasteiger partial charge in [-0.15, -0.1) is 0 Å². The van der Waals surface area contributed by atoms with Crippen molar-refractivity contribution in [1.82, 2.24) is 0 Å². The summed E-state index contributed by atoms with van der Waals surface area (Å²) in [5.74, 6) is 0.105. The molecule has 1 fully saturated rings. The van der Waals surface area contributed by atoms with E-state index in [-0.39, 0.29) is 17.2 Å². The summed E-state index contributed by atoms with van der Waals surface area (Å²) in [7, 11) is -0.731. The molecular formula is C13H17N3O3S. The molecule has 1 aliphatic rings. The van der Waals surface area contributed by atoms with Gasteiger partial charge in [0.1, 0.15) is 0 Å². The zero-order chi connectivity index (χ0) is 14.7. The van der Waals surface area contributed by atoms with Crippen molar-refractivity contribution in [1.29, 1.82) is 0 Å². The van der Waals surface area contributed by atoms with E-state index in [1.807, 2.05) is 0 Å². The molecule has 0 unspecified atom stereocenters. The van der Waals surface area contributed by atoms with Gasteiger partial charge in [0.2, 0.25) is 11.8 Å². The van der Waals surface area contributed by atoms with Crippen LogP contribution in [0, 0.1) is 0 Å². The van der Waals surface area contributed by atoms with Crippen LogP contribution in [0.5, 0.6) is 0 Å². The van der Waals surface area contributed by atoms with Crippen LogP contribution in [0.3, 0.4) is 0 Å². The first-order valence-electron chi connectivity index (χ1n) is 6.32. The Bertz CT molecular complexity index is 532. The summed E-state index contributed by atoms with van der Waals surface area (Å²) in [5, 5.41) is 3.24. The van der Waals surface area contributed by atoms with Crippen LogP contribution in [-0.2, 0) is 10.8 Å². The van der Waals surface area contributed by atoms with Crippen molar-refractivity contribution in [3.8, 4) is 0 Å². The number of hydrogen-bond acceptors (Lipinski definition) is 4. The van der Waals surface area contributed by atoms with E-state index >= 15 is 0 Å². The monoisotopic (exact) mass is 295 g/mol. The van der Waals surface area contributed by atoms with E-state index in [4.69, 9.17) is 11.5 Å². The Morgan fingerprint density at radius 3 is 2.00 bits per heavy atom. The maximum Gasteiger partial charge on any atom is 0.248 e. The number of anilines is 1. The highest BCUT2D eigenvalue weighted by Crippen LogP contribution is 2.19. The highest BCUT2D eigenvalue weighted by atomic mass is 32.2. The molecule has 0 aliphatic carbocycles. The molecule has 5 N–H and O–H groups in total. The number of primary amides is 2. The van der Waals surface area contributed by atoms with Crippen molar-refractivity contribution >= 4 is 28.3 Å². The minimum Gasteiger partial charge on any atom is -0.382 e. The number of hydrogen-bond donors (Lipinski definition) is 3. The van der Waals surface area contributed by atoms with E-state index in [2.05, 4.69) is 5.32 Å². The fraction of sp³-hybridized carbons (Fsp3) is 0.385. The van der Waals surface area contributed by atoms with Crippen LogP contribution in [0.15, 0.2) is 18.2 Å². The molecule has 20 heavy (non-hydrogen) atoms. The second kappa shape index (κ2) is 6.04. The smallest absolute Gasteiger partial charge is 0.248 e. The minimum absolute atomic E-state index is 0.177. The van der Waals surface area contributed by atoms with Crippen LogP contribution in [0.25, 0.3) is 0 Å². The largest absolute Gasteiger partial charge is 0.382 e. The lowest BCUT2D eigenvalue weighted by atomic mass is 10.1. The summed E-state index contributed by atoms with van der Waals surface area (Å²) >= 11 is 0. The van der Waals surface area contributed by atoms with E-state index < -0.39 is 22.6 Å². The molecule has 2 rings (SSSR count). The maximum atomic E-state index is 11.3. The van der Waals surface area contributed by atoms with Gasteiger partial charge in [-0.05, 0) is 31.0 Å². The van der Waals surface area contributed by atoms with Gasteiger partial charge < -0.3 is 16.8 Å². The SMILES string of the molecule is NC(=O)c1cc(NC2CCS(=O)CC2)cc(C(N)=O)c1. The first-order valence-corrected chi connectivity index (χ1v) is 7.80. The van der Waals surface area contributed by atoms with Crippen molar-refractivity contribution < 1.29 is 13.8 Å². The van der Waals surface area contributed by atoms with Crippen LogP contribution < -0.4 is 16.8 Å². The molecule has 6 nitrogen and oxygen atoms in total. The minimum atomic E-state index is -0.731. The van der Waals surface area contributed by atoms with Crippen molar-refractivity contribution in [2.45, 2.75) is 18.9 Å². The van der Waals surface area contributed by atoms with E-state index in [1.54, 1.807) is 12.1 Å². The summed E-state index contributed by atoms with van der Waals surface area (Å²) in [5.41, 5.74) is 11.6. The Hall–Kier alpha value is -1.89. The molecular weight excluding hydrogens is 278 g/mol. The summed E-state index contributed by atoms with van der Waals surface area (Å²) in [6.45, 7) is 0. The molecule has 108 valence electrons. The highest BCUT2D eigenvalue weighted by Gasteiger charge is 2.18. The number of benzene rings is 1. The average Bonchev–Trinajstić information content (AvgIpc) is 2.41. The molecule has 0 atom stereocenters. The number of amides is 2. The quantitative estimate of drug-likeness (QED) is 0.736. The molecule has 0 spiro atoms. The Labute approximate surface area is 119 Å². The Morgan fingerprint density at radius 1 is 1.05 bits per heavy atom. The molecule has 0 bridgehead atoms. The third kappa shape index (κ3) is 3.57. The van der Waals surface area contributed by atoms with Gasteiger partial charge in [-0.2, -0.15) is 0 Å². The lowest BCUT2D eigenvalue weighted by Crippen LogP contribution is -2.29. The lowest BCUT2D eigenvalue weighted by Gasteiger charge is -2.24. The van der Waals surface area contributed by atoms with Crippen molar-refractivity contribution in [3.05, 3.63) is 29.3 Å². The second-order valence-electron chi connectivity index (χ2n) is 4.79. The number of rotatable bonds is 4. The number of carbonyl (C=O) groups excluding carboxylic acids is 2. The van der Waals surface area contributed by atoms with Gasteiger partial charge >= 0.3 is 0 Å². The van der Waals surface area contributed by atoms with Crippen molar-refractivity contribution in [3.63, 3.8) is 0 Å². The Balaban J connectivity index is 2.20. The molecule has 0 aromatic heterocycles. The van der Waals surface area contributed by atoms with E-state index in [1.165, 1.54) is 6.07 Å². The van der Waals surface area contributed by atoms with Gasteiger partial charge in [-0.25, -0.2) is 0 Å². The standard InChI is InChI=1S/C13H17N3O3S/c14-12(17)8-5-9(13(15)18)7-11(6-8)16-10-1-3-20(19)4-2-10/h5-7,10,16H,1-4H2,(H2,14,17)(H2,15,18). The molecule has 0 radical (unpaired) electrons. The van der Waals surface area contributed by atoms with Gasteiger partial charge in [0.05, 0.1) is 0 Å². The lowest BCUT2D eigenvalue weighted by molar-refractivity contribution is 0.0999. The summed E-state index contributed by atoms with van der Waals surface area (Å²) < 4.78 is 11.3. The molecule has 2 amide bonds. The third-order valence-electron chi connectivity index (χ3n) is 3.26. The topological polar surface area (TPSA) is 115 Å². The first kappa shape index (κ1) is 14.5. The maximum absolute atomic E-state index is 11.3. The first-order chi connectivity index (χ1) is 9.45. The van der Waals surface area contributed by atoms with Crippen LogP contribution in [0.2, 0.25) is 0 Å². The number of carbonyl (C=O) groups is 2. The fourth-order valence-electron chi connectivity index (χ4n) is 2.17. The number of nitrogens with two attached hydrogens (primary N) is 2. The Kier molecular flexibility index (Phi) is 4.39. The van der Waals surface area contributed by atoms with Crippen LogP contribution >= 0.6 is 0 Å². The molecule has 1 aromatic carbocycles. The second-order valence-corrected chi connectivity index (χ2v) is 6.49. The molecule has 0 saturated carbocycles. The van der Waals surface area contributed by atoms with Gasteiger partial charge in [0, 0.05) is 45.2 Å². The molecule has 1 aromatic rings. The molecule has 7 heteroatoms. The normalized spacial score (nSPS) is 22.2. The highest BCUT2D eigenvalue weighted by molar-refractivity contribution is 7.85. The van der Waals surface area contributed by atoms with Crippen LogP contribution in [0.1, 0.15) is 33.6 Å². The van der Waals surface area contributed by atoms with Crippen LogP contribution in [0.4, 0.5) is 5.69 Å². The predicted molar refractivity (Wildman–Crippen MR) is 78.0 cm³/mol. The summed E-state index contributed by atoms with van der Waals surface area (Å²) in [6, 6.07) is 4.75. The Morgan fingerprint density at radius 2 is 1.55 bits per heavy atom. The van der Waals surface area contributed by atoms with Crippen LogP contribution in [-0.4, -0.2) is 33.6 Å². The zero-order valence-corrected chi connectivity index (χ0v) is 11.7. The van der Waals surface area contributed by atoms with Gasteiger partial charge in [-0.1, -0.05) is 0 Å². The molecule has 1 aliphatic heterocycles. The predicted octanol–water partition coefficient (Wildman–Crippen LogP) is 0.207. The van der Waals surface area contributed by atoms with E-state index in [0.717, 1.165) is 12.8 Å². The average molecular weight is 295 g/mol. The van der Waals surface area contributed by atoms with E-state index in [9.17, 15) is 13.8 Å². The summed E-state index contributed by atoms with van der Waals surface area (Å²) in [4.78, 5) is 22.5. The zero-order valence-electron chi connectivity index (χ0n) is 10.9. The molecule has 1 saturated heterocycles. The molecule has 1 heterocycles. The number of nitrogens with one attached hydrogen (secondary N) is 1. The van der Waals surface area contributed by atoms with Crippen molar-refractivity contribution in [2.24, 2.45) is 11.5 Å². The van der Waals surface area contributed by atoms with Gasteiger partial charge in [0.25, 0.3) is 0 Å². The van der Waals surface area contributed by atoms with Gasteiger partial charge in [0.15, 0.2) is 0 Å².